The minimum atomic E-state index is -0.992. The number of piperidine rings is 1. The minimum absolute atomic E-state index is 0.0479. The van der Waals surface area contributed by atoms with Crippen molar-refractivity contribution in [1.29, 1.82) is 0 Å². The highest BCUT2D eigenvalue weighted by Crippen LogP contribution is 2.31. The summed E-state index contributed by atoms with van der Waals surface area (Å²) in [4.78, 5) is 36.1. The van der Waals surface area contributed by atoms with E-state index in [1.54, 1.807) is 0 Å². The van der Waals surface area contributed by atoms with Gasteiger partial charge in [-0.15, -0.1) is 0 Å². The SMILES string of the molecule is CC1CC(=O)N(C(CC(=O)O)C(C)(C)C)C(=O)C1. The Morgan fingerprint density at radius 2 is 1.78 bits per heavy atom. The van der Waals surface area contributed by atoms with Crippen LogP contribution in [0, 0.1) is 11.3 Å². The first-order chi connectivity index (χ1) is 8.12. The third-order valence-corrected chi connectivity index (χ3v) is 3.26. The fourth-order valence-corrected chi connectivity index (χ4v) is 2.30. The number of hydrogen-bond donors (Lipinski definition) is 1. The maximum absolute atomic E-state index is 12.0. The molecule has 0 bridgehead atoms. The van der Waals surface area contributed by atoms with Gasteiger partial charge in [-0.05, 0) is 11.3 Å². The van der Waals surface area contributed by atoms with Crippen LogP contribution in [-0.4, -0.2) is 33.8 Å². The topological polar surface area (TPSA) is 74.7 Å². The lowest BCUT2D eigenvalue weighted by molar-refractivity contribution is -0.157. The number of rotatable bonds is 3. The van der Waals surface area contributed by atoms with Gasteiger partial charge in [-0.2, -0.15) is 0 Å². The first-order valence-corrected chi connectivity index (χ1v) is 6.19. The number of aliphatic carboxylic acids is 1. The zero-order chi connectivity index (χ0) is 14.1. The number of amides is 2. The first-order valence-electron chi connectivity index (χ1n) is 6.19. The van der Waals surface area contributed by atoms with Crippen molar-refractivity contribution in [1.82, 2.24) is 4.90 Å². The zero-order valence-corrected chi connectivity index (χ0v) is 11.4. The lowest BCUT2D eigenvalue weighted by atomic mass is 9.81. The molecule has 0 aliphatic carbocycles. The maximum Gasteiger partial charge on any atom is 0.305 e. The fraction of sp³-hybridized carbons (Fsp3) is 0.769. The van der Waals surface area contributed by atoms with Gasteiger partial charge in [0.2, 0.25) is 11.8 Å². The van der Waals surface area contributed by atoms with Crippen molar-refractivity contribution < 1.29 is 19.5 Å². The molecular formula is C13H21NO4. The lowest BCUT2D eigenvalue weighted by Crippen LogP contribution is -2.54. The molecule has 18 heavy (non-hydrogen) atoms. The molecule has 1 N–H and O–H groups in total. The van der Waals surface area contributed by atoms with Crippen molar-refractivity contribution in [3.8, 4) is 0 Å². The first kappa shape index (κ1) is 14.7. The number of imide groups is 1. The Morgan fingerprint density at radius 3 is 2.11 bits per heavy atom. The third-order valence-electron chi connectivity index (χ3n) is 3.26. The average Bonchev–Trinajstić information content (AvgIpc) is 2.12. The van der Waals surface area contributed by atoms with E-state index in [2.05, 4.69) is 0 Å². The summed E-state index contributed by atoms with van der Waals surface area (Å²) in [7, 11) is 0. The maximum atomic E-state index is 12.0. The van der Waals surface area contributed by atoms with E-state index in [-0.39, 0.29) is 24.2 Å². The summed E-state index contributed by atoms with van der Waals surface area (Å²) >= 11 is 0. The van der Waals surface area contributed by atoms with Crippen LogP contribution in [0.4, 0.5) is 0 Å². The Morgan fingerprint density at radius 1 is 1.33 bits per heavy atom. The zero-order valence-electron chi connectivity index (χ0n) is 11.4. The largest absolute Gasteiger partial charge is 0.481 e. The van der Waals surface area contributed by atoms with Crippen LogP contribution in [0.2, 0.25) is 0 Å². The highest BCUT2D eigenvalue weighted by Gasteiger charge is 2.41. The molecule has 5 nitrogen and oxygen atoms in total. The summed E-state index contributed by atoms with van der Waals surface area (Å²) in [6, 6.07) is -0.581. The molecule has 5 heteroatoms. The molecule has 0 radical (unpaired) electrons. The number of hydrogen-bond acceptors (Lipinski definition) is 3. The van der Waals surface area contributed by atoms with Crippen LogP contribution in [-0.2, 0) is 14.4 Å². The number of carboxylic acids is 1. The van der Waals surface area contributed by atoms with E-state index in [1.165, 1.54) is 4.90 Å². The van der Waals surface area contributed by atoms with Gasteiger partial charge in [0.25, 0.3) is 0 Å². The minimum Gasteiger partial charge on any atom is -0.481 e. The van der Waals surface area contributed by atoms with E-state index >= 15 is 0 Å². The molecule has 2 amide bonds. The monoisotopic (exact) mass is 255 g/mol. The quantitative estimate of drug-likeness (QED) is 0.778. The lowest BCUT2D eigenvalue weighted by Gasteiger charge is -2.41. The van der Waals surface area contributed by atoms with E-state index in [1.807, 2.05) is 27.7 Å². The van der Waals surface area contributed by atoms with Crippen LogP contribution in [0.15, 0.2) is 0 Å². The van der Waals surface area contributed by atoms with E-state index in [0.717, 1.165) is 0 Å². The van der Waals surface area contributed by atoms with Crippen LogP contribution in [0.5, 0.6) is 0 Å². The summed E-state index contributed by atoms with van der Waals surface area (Å²) in [5, 5.41) is 8.95. The number of carbonyl (C=O) groups excluding carboxylic acids is 2. The van der Waals surface area contributed by atoms with Gasteiger partial charge >= 0.3 is 5.97 Å². The Hall–Kier alpha value is -1.39. The Bertz CT molecular complexity index is 352. The van der Waals surface area contributed by atoms with Gasteiger partial charge in [0.05, 0.1) is 12.5 Å². The van der Waals surface area contributed by atoms with Gasteiger partial charge < -0.3 is 5.11 Å². The normalized spacial score (nSPS) is 20.1. The summed E-state index contributed by atoms with van der Waals surface area (Å²) in [5.74, 6) is -1.44. The second kappa shape index (κ2) is 5.08. The molecule has 1 atom stereocenters. The summed E-state index contributed by atoms with van der Waals surface area (Å²) in [5.41, 5.74) is -0.440. The van der Waals surface area contributed by atoms with Crippen molar-refractivity contribution in [3.63, 3.8) is 0 Å². The van der Waals surface area contributed by atoms with Gasteiger partial charge in [0.1, 0.15) is 0 Å². The molecule has 0 aromatic heterocycles. The van der Waals surface area contributed by atoms with E-state index < -0.39 is 17.4 Å². The molecule has 0 saturated carbocycles. The second-order valence-corrected chi connectivity index (χ2v) is 6.15. The molecule has 1 aliphatic rings. The van der Waals surface area contributed by atoms with Crippen LogP contribution >= 0.6 is 0 Å². The van der Waals surface area contributed by atoms with Gasteiger partial charge in [-0.1, -0.05) is 27.7 Å². The average molecular weight is 255 g/mol. The van der Waals surface area contributed by atoms with Gasteiger partial charge in [0.15, 0.2) is 0 Å². The second-order valence-electron chi connectivity index (χ2n) is 6.15. The molecule has 102 valence electrons. The molecule has 1 unspecified atom stereocenters. The van der Waals surface area contributed by atoms with Crippen molar-refractivity contribution in [2.75, 3.05) is 0 Å². The van der Waals surface area contributed by atoms with Gasteiger partial charge in [0, 0.05) is 12.8 Å². The molecular weight excluding hydrogens is 234 g/mol. The van der Waals surface area contributed by atoms with Crippen LogP contribution < -0.4 is 0 Å². The molecule has 1 rings (SSSR count). The van der Waals surface area contributed by atoms with Crippen LogP contribution in [0.25, 0.3) is 0 Å². The van der Waals surface area contributed by atoms with Crippen molar-refractivity contribution in [2.45, 2.75) is 53.0 Å². The predicted octanol–water partition coefficient (Wildman–Crippen LogP) is 1.66. The van der Waals surface area contributed by atoms with Crippen molar-refractivity contribution in [2.24, 2.45) is 11.3 Å². The molecule has 0 aromatic carbocycles. The number of carboxylic acid groups (broad SMARTS) is 1. The molecule has 0 spiro atoms. The van der Waals surface area contributed by atoms with Crippen LogP contribution in [0.1, 0.15) is 47.0 Å². The van der Waals surface area contributed by atoms with E-state index in [0.29, 0.717) is 12.8 Å². The Labute approximate surface area is 107 Å². The number of nitrogens with zero attached hydrogens (tertiary/aromatic N) is 1. The molecule has 1 aliphatic heterocycles. The summed E-state index contributed by atoms with van der Waals surface area (Å²) in [6.07, 6.45) is 0.436. The van der Waals surface area contributed by atoms with Crippen molar-refractivity contribution in [3.05, 3.63) is 0 Å². The Kier molecular flexibility index (Phi) is 4.14. The smallest absolute Gasteiger partial charge is 0.305 e. The molecule has 1 heterocycles. The molecule has 0 aromatic rings. The summed E-state index contributed by atoms with van der Waals surface area (Å²) < 4.78 is 0. The number of likely N-dealkylation sites (tertiary alicyclic amines) is 1. The Balaban J connectivity index is 3.01. The number of carbonyl (C=O) groups is 3. The van der Waals surface area contributed by atoms with Gasteiger partial charge in [-0.3, -0.25) is 19.3 Å². The highest BCUT2D eigenvalue weighted by atomic mass is 16.4. The predicted molar refractivity (Wildman–Crippen MR) is 65.7 cm³/mol. The third kappa shape index (κ3) is 3.31. The summed E-state index contributed by atoms with van der Waals surface area (Å²) in [6.45, 7) is 7.40. The standard InChI is InChI=1S/C13H21NO4/c1-8-5-10(15)14(11(16)6-8)9(7-12(17)18)13(2,3)4/h8-9H,5-7H2,1-4H3,(H,17,18). The molecule has 1 saturated heterocycles. The van der Waals surface area contributed by atoms with E-state index in [4.69, 9.17) is 5.11 Å². The van der Waals surface area contributed by atoms with Crippen molar-refractivity contribution >= 4 is 17.8 Å². The molecule has 1 fully saturated rings. The fourth-order valence-electron chi connectivity index (χ4n) is 2.30. The van der Waals surface area contributed by atoms with Crippen LogP contribution in [0.3, 0.4) is 0 Å². The van der Waals surface area contributed by atoms with E-state index in [9.17, 15) is 14.4 Å². The van der Waals surface area contributed by atoms with Gasteiger partial charge in [-0.25, -0.2) is 0 Å². The highest BCUT2D eigenvalue weighted by molar-refractivity contribution is 5.98.